The van der Waals surface area contributed by atoms with E-state index in [1.54, 1.807) is 0 Å². The summed E-state index contributed by atoms with van der Waals surface area (Å²) in [5.74, 6) is 0. The van der Waals surface area contributed by atoms with Crippen LogP contribution in [0.15, 0.2) is 60.7 Å². The zero-order valence-electron chi connectivity index (χ0n) is 17.3. The van der Waals surface area contributed by atoms with Crippen molar-refractivity contribution >= 4 is 11.4 Å². The Kier molecular flexibility index (Phi) is 6.18. The summed E-state index contributed by atoms with van der Waals surface area (Å²) in [5, 5.41) is 0. The van der Waals surface area contributed by atoms with Crippen molar-refractivity contribution in [2.75, 3.05) is 62.4 Å². The highest BCUT2D eigenvalue weighted by Crippen LogP contribution is 2.23. The lowest BCUT2D eigenvalue weighted by atomic mass is 10.2. The van der Waals surface area contributed by atoms with Crippen LogP contribution in [0, 0.1) is 0 Å². The molecule has 4 atom stereocenters. The molecule has 4 aliphatic heterocycles. The molecule has 2 aromatic carbocycles. The second-order valence-corrected chi connectivity index (χ2v) is 8.30. The summed E-state index contributed by atoms with van der Waals surface area (Å²) in [6, 6.07) is 21.0. The highest BCUT2D eigenvalue weighted by atomic mass is 16.6. The first kappa shape index (κ1) is 19.8. The Bertz CT molecular complexity index is 679. The molecule has 0 spiro atoms. The van der Waals surface area contributed by atoms with Crippen LogP contribution in [0.4, 0.5) is 11.4 Å². The molecule has 4 unspecified atom stereocenters. The number of ether oxygens (including phenoxy) is 4. The Labute approximate surface area is 178 Å². The maximum absolute atomic E-state index is 5.28. The van der Waals surface area contributed by atoms with Crippen LogP contribution in [0.25, 0.3) is 0 Å². The van der Waals surface area contributed by atoms with Crippen LogP contribution >= 0.6 is 0 Å². The zero-order chi connectivity index (χ0) is 20.2. The SMILES string of the molecule is c1ccc(N(CC2CO2)CC2CO2)cc1.c1ccc(N(CC2CO2)CC2CO2)cc1. The van der Waals surface area contributed by atoms with Crippen LogP contribution in [0.2, 0.25) is 0 Å². The largest absolute Gasteiger partial charge is 0.371 e. The van der Waals surface area contributed by atoms with E-state index in [2.05, 4.69) is 58.3 Å². The van der Waals surface area contributed by atoms with Gasteiger partial charge in [0.15, 0.2) is 0 Å². The van der Waals surface area contributed by atoms with Gasteiger partial charge in [0, 0.05) is 37.6 Å². The van der Waals surface area contributed by atoms with Crippen LogP contribution in [0.5, 0.6) is 0 Å². The van der Waals surface area contributed by atoms with Crippen molar-refractivity contribution < 1.29 is 18.9 Å². The fourth-order valence-corrected chi connectivity index (χ4v) is 3.53. The third-order valence-electron chi connectivity index (χ3n) is 5.55. The van der Waals surface area contributed by atoms with E-state index in [9.17, 15) is 0 Å². The van der Waals surface area contributed by atoms with E-state index in [0.29, 0.717) is 24.4 Å². The molecular formula is C24H30N2O4. The van der Waals surface area contributed by atoms with Crippen molar-refractivity contribution in [3.63, 3.8) is 0 Å². The summed E-state index contributed by atoms with van der Waals surface area (Å²) >= 11 is 0. The van der Waals surface area contributed by atoms with Crippen LogP contribution in [-0.4, -0.2) is 77.0 Å². The molecule has 6 heteroatoms. The molecule has 4 aliphatic rings. The Hall–Kier alpha value is -2.12. The second kappa shape index (κ2) is 9.35. The number of hydrogen-bond acceptors (Lipinski definition) is 6. The Morgan fingerprint density at radius 2 is 0.767 bits per heavy atom. The number of benzene rings is 2. The van der Waals surface area contributed by atoms with Gasteiger partial charge in [-0.25, -0.2) is 0 Å². The zero-order valence-corrected chi connectivity index (χ0v) is 17.3. The number of hydrogen-bond donors (Lipinski definition) is 0. The molecule has 0 saturated carbocycles. The number of rotatable bonds is 10. The monoisotopic (exact) mass is 410 g/mol. The Balaban J connectivity index is 0.000000128. The average molecular weight is 411 g/mol. The van der Waals surface area contributed by atoms with Gasteiger partial charge < -0.3 is 28.7 Å². The van der Waals surface area contributed by atoms with E-state index in [1.165, 1.54) is 11.4 Å². The van der Waals surface area contributed by atoms with Gasteiger partial charge in [0.1, 0.15) is 0 Å². The van der Waals surface area contributed by atoms with E-state index in [1.807, 2.05) is 12.1 Å². The van der Waals surface area contributed by atoms with Gasteiger partial charge >= 0.3 is 0 Å². The third kappa shape index (κ3) is 6.44. The van der Waals surface area contributed by atoms with Crippen molar-refractivity contribution in [3.8, 4) is 0 Å². The predicted molar refractivity (Wildman–Crippen MR) is 116 cm³/mol. The summed E-state index contributed by atoms with van der Waals surface area (Å²) in [5.41, 5.74) is 2.53. The van der Waals surface area contributed by atoms with E-state index < -0.39 is 0 Å². The van der Waals surface area contributed by atoms with Crippen LogP contribution in [0.3, 0.4) is 0 Å². The standard InChI is InChI=1S/2C12H15NO2/c2*1-2-4-10(5-3-1)13(6-11-8-14-11)7-12-9-15-12/h2*1-5,11-12H,6-9H2. The summed E-state index contributed by atoms with van der Waals surface area (Å²) in [6.07, 6.45) is 1.74. The van der Waals surface area contributed by atoms with Gasteiger partial charge in [-0.2, -0.15) is 0 Å². The third-order valence-corrected chi connectivity index (χ3v) is 5.55. The van der Waals surface area contributed by atoms with Crippen molar-refractivity contribution in [3.05, 3.63) is 60.7 Å². The fourth-order valence-electron chi connectivity index (χ4n) is 3.53. The maximum atomic E-state index is 5.28. The van der Waals surface area contributed by atoms with E-state index >= 15 is 0 Å². The Morgan fingerprint density at radius 3 is 1.00 bits per heavy atom. The van der Waals surface area contributed by atoms with Crippen molar-refractivity contribution in [2.24, 2.45) is 0 Å². The number of nitrogens with zero attached hydrogens (tertiary/aromatic N) is 2. The van der Waals surface area contributed by atoms with Gasteiger partial charge in [-0.15, -0.1) is 0 Å². The minimum absolute atomic E-state index is 0.434. The molecule has 0 amide bonds. The summed E-state index contributed by atoms with van der Waals surface area (Å²) < 4.78 is 21.1. The normalized spacial score (nSPS) is 27.5. The minimum atomic E-state index is 0.434. The van der Waals surface area contributed by atoms with Gasteiger partial charge in [-0.3, -0.25) is 0 Å². The van der Waals surface area contributed by atoms with Crippen molar-refractivity contribution in [2.45, 2.75) is 24.4 Å². The van der Waals surface area contributed by atoms with E-state index in [-0.39, 0.29) is 0 Å². The lowest BCUT2D eigenvalue weighted by Gasteiger charge is -2.23. The molecule has 0 aromatic heterocycles. The van der Waals surface area contributed by atoms with Gasteiger partial charge in [0.25, 0.3) is 0 Å². The first-order valence-electron chi connectivity index (χ1n) is 10.9. The molecule has 30 heavy (non-hydrogen) atoms. The topological polar surface area (TPSA) is 56.6 Å². The maximum Gasteiger partial charge on any atom is 0.0984 e. The highest BCUT2D eigenvalue weighted by Gasteiger charge is 2.31. The molecule has 0 radical (unpaired) electrons. The van der Waals surface area contributed by atoms with Crippen molar-refractivity contribution in [1.82, 2.24) is 0 Å². The molecule has 2 aromatic rings. The first-order valence-corrected chi connectivity index (χ1v) is 10.9. The molecule has 0 bridgehead atoms. The van der Waals surface area contributed by atoms with E-state index in [0.717, 1.165) is 52.6 Å². The lowest BCUT2D eigenvalue weighted by molar-refractivity contribution is 0.388. The summed E-state index contributed by atoms with van der Waals surface area (Å²) in [7, 11) is 0. The molecule has 4 saturated heterocycles. The summed E-state index contributed by atoms with van der Waals surface area (Å²) in [4.78, 5) is 4.71. The smallest absolute Gasteiger partial charge is 0.0984 e. The van der Waals surface area contributed by atoms with Gasteiger partial charge in [-0.1, -0.05) is 36.4 Å². The van der Waals surface area contributed by atoms with E-state index in [4.69, 9.17) is 18.9 Å². The predicted octanol–water partition coefficient (Wildman–Crippen LogP) is 2.58. The molecule has 4 fully saturated rings. The quantitative estimate of drug-likeness (QED) is 0.561. The minimum Gasteiger partial charge on any atom is -0.371 e. The van der Waals surface area contributed by atoms with Gasteiger partial charge in [-0.05, 0) is 24.3 Å². The number of para-hydroxylation sites is 2. The fraction of sp³-hybridized carbons (Fsp3) is 0.500. The molecule has 4 heterocycles. The van der Waals surface area contributed by atoms with Crippen LogP contribution < -0.4 is 9.80 Å². The molecule has 0 N–H and O–H groups in total. The molecule has 6 nitrogen and oxygen atoms in total. The molecule has 6 rings (SSSR count). The lowest BCUT2D eigenvalue weighted by Crippen LogP contribution is -2.31. The van der Waals surface area contributed by atoms with Crippen molar-refractivity contribution in [1.29, 1.82) is 0 Å². The second-order valence-electron chi connectivity index (χ2n) is 8.30. The first-order chi connectivity index (χ1) is 14.8. The van der Waals surface area contributed by atoms with Crippen LogP contribution in [-0.2, 0) is 18.9 Å². The Morgan fingerprint density at radius 1 is 0.500 bits per heavy atom. The number of anilines is 2. The molecular weight excluding hydrogens is 380 g/mol. The van der Waals surface area contributed by atoms with Gasteiger partial charge in [0.05, 0.1) is 50.8 Å². The molecule has 0 aliphatic carbocycles. The number of epoxide rings is 4. The molecule has 160 valence electrons. The highest BCUT2D eigenvalue weighted by molar-refractivity contribution is 5.47. The van der Waals surface area contributed by atoms with Crippen LogP contribution in [0.1, 0.15) is 0 Å². The summed E-state index contributed by atoms with van der Waals surface area (Å²) in [6.45, 7) is 7.61. The van der Waals surface area contributed by atoms with Gasteiger partial charge in [0.2, 0.25) is 0 Å². The average Bonchev–Trinajstić information content (AvgIpc) is 3.63.